The SMILES string of the molecule is CN(C[C@H]1CC[C@H](NCC(O)c2ccc(O)c(C(N)=O)c2)C1)c1ccccc1. The smallest absolute Gasteiger partial charge is 0.252 e. The van der Waals surface area contributed by atoms with Crippen molar-refractivity contribution in [3.8, 4) is 5.75 Å². The summed E-state index contributed by atoms with van der Waals surface area (Å²) in [5, 5.41) is 23.5. The van der Waals surface area contributed by atoms with Gasteiger partial charge in [-0.25, -0.2) is 0 Å². The average Bonchev–Trinajstić information content (AvgIpc) is 3.14. The second-order valence-corrected chi connectivity index (χ2v) is 7.66. The van der Waals surface area contributed by atoms with Crippen LogP contribution in [0.2, 0.25) is 0 Å². The molecule has 1 saturated carbocycles. The maximum Gasteiger partial charge on any atom is 0.252 e. The van der Waals surface area contributed by atoms with E-state index in [1.807, 2.05) is 6.07 Å². The minimum Gasteiger partial charge on any atom is -0.507 e. The van der Waals surface area contributed by atoms with Crippen molar-refractivity contribution in [1.82, 2.24) is 5.32 Å². The van der Waals surface area contributed by atoms with Gasteiger partial charge in [0, 0.05) is 31.9 Å². The van der Waals surface area contributed by atoms with E-state index in [2.05, 4.69) is 41.5 Å². The summed E-state index contributed by atoms with van der Waals surface area (Å²) >= 11 is 0. The van der Waals surface area contributed by atoms with Gasteiger partial charge in [0.05, 0.1) is 11.7 Å². The van der Waals surface area contributed by atoms with Crippen LogP contribution in [0.1, 0.15) is 41.3 Å². The van der Waals surface area contributed by atoms with E-state index in [1.54, 1.807) is 6.07 Å². The second-order valence-electron chi connectivity index (χ2n) is 7.66. The van der Waals surface area contributed by atoms with Crippen molar-refractivity contribution in [3.63, 3.8) is 0 Å². The average molecular weight is 383 g/mol. The Bertz CT molecular complexity index is 797. The number of hydrogen-bond acceptors (Lipinski definition) is 5. The highest BCUT2D eigenvalue weighted by molar-refractivity contribution is 5.95. The van der Waals surface area contributed by atoms with Crippen molar-refractivity contribution in [1.29, 1.82) is 0 Å². The molecule has 1 amide bonds. The molecule has 28 heavy (non-hydrogen) atoms. The van der Waals surface area contributed by atoms with Crippen molar-refractivity contribution < 1.29 is 15.0 Å². The highest BCUT2D eigenvalue weighted by atomic mass is 16.3. The third kappa shape index (κ3) is 5.03. The van der Waals surface area contributed by atoms with Crippen molar-refractivity contribution >= 4 is 11.6 Å². The van der Waals surface area contributed by atoms with Gasteiger partial charge in [-0.05, 0) is 55.0 Å². The van der Waals surface area contributed by atoms with Gasteiger partial charge in [0.25, 0.3) is 5.91 Å². The maximum atomic E-state index is 11.4. The number of nitrogens with two attached hydrogens (primary N) is 1. The zero-order chi connectivity index (χ0) is 20.1. The van der Waals surface area contributed by atoms with E-state index in [4.69, 9.17) is 5.73 Å². The lowest BCUT2D eigenvalue weighted by Crippen LogP contribution is -2.32. The summed E-state index contributed by atoms with van der Waals surface area (Å²) in [4.78, 5) is 13.6. The number of para-hydroxylation sites is 1. The predicted molar refractivity (Wildman–Crippen MR) is 110 cm³/mol. The van der Waals surface area contributed by atoms with Crippen molar-refractivity contribution in [2.24, 2.45) is 11.7 Å². The molecule has 1 aliphatic rings. The lowest BCUT2D eigenvalue weighted by molar-refractivity contribution is 0.0997. The van der Waals surface area contributed by atoms with E-state index in [0.717, 1.165) is 25.8 Å². The fourth-order valence-electron chi connectivity index (χ4n) is 3.96. The fourth-order valence-corrected chi connectivity index (χ4v) is 3.96. The van der Waals surface area contributed by atoms with Crippen LogP contribution in [-0.4, -0.2) is 42.3 Å². The molecule has 3 rings (SSSR count). The molecular weight excluding hydrogens is 354 g/mol. The fraction of sp³-hybridized carbons (Fsp3) is 0.409. The first-order valence-electron chi connectivity index (χ1n) is 9.74. The number of benzene rings is 2. The van der Waals surface area contributed by atoms with Crippen molar-refractivity contribution in [2.45, 2.75) is 31.4 Å². The van der Waals surface area contributed by atoms with Crippen LogP contribution in [0.3, 0.4) is 0 Å². The molecule has 2 aromatic rings. The Morgan fingerprint density at radius 1 is 1.25 bits per heavy atom. The first-order valence-corrected chi connectivity index (χ1v) is 9.74. The molecule has 3 atom stereocenters. The summed E-state index contributed by atoms with van der Waals surface area (Å²) in [7, 11) is 2.13. The molecule has 5 N–H and O–H groups in total. The Labute approximate surface area is 166 Å². The number of aliphatic hydroxyl groups excluding tert-OH is 1. The molecule has 0 saturated heterocycles. The minimum atomic E-state index is -0.759. The summed E-state index contributed by atoms with van der Waals surface area (Å²) < 4.78 is 0. The van der Waals surface area contributed by atoms with Crippen LogP contribution < -0.4 is 16.0 Å². The molecule has 0 radical (unpaired) electrons. The number of aromatic hydroxyl groups is 1. The van der Waals surface area contributed by atoms with Crippen LogP contribution in [-0.2, 0) is 0 Å². The van der Waals surface area contributed by atoms with Crippen molar-refractivity contribution in [2.75, 3.05) is 25.0 Å². The summed E-state index contributed by atoms with van der Waals surface area (Å²) in [5.74, 6) is -0.256. The summed E-state index contributed by atoms with van der Waals surface area (Å²) in [6.07, 6.45) is 2.56. The second kappa shape index (κ2) is 9.08. The predicted octanol–water partition coefficient (Wildman–Crippen LogP) is 2.42. The number of phenols is 1. The van der Waals surface area contributed by atoms with Gasteiger partial charge in [0.15, 0.2) is 0 Å². The van der Waals surface area contributed by atoms with E-state index < -0.39 is 12.0 Å². The van der Waals surface area contributed by atoms with Crippen molar-refractivity contribution in [3.05, 3.63) is 59.7 Å². The molecule has 1 aliphatic carbocycles. The number of nitrogens with zero attached hydrogens (tertiary/aromatic N) is 1. The monoisotopic (exact) mass is 383 g/mol. The highest BCUT2D eigenvalue weighted by Gasteiger charge is 2.26. The number of hydrogen-bond donors (Lipinski definition) is 4. The van der Waals surface area contributed by atoms with Gasteiger partial charge in [-0.2, -0.15) is 0 Å². The van der Waals surface area contributed by atoms with Crippen LogP contribution >= 0.6 is 0 Å². The number of aliphatic hydroxyl groups is 1. The third-order valence-electron chi connectivity index (χ3n) is 5.54. The standard InChI is InChI=1S/C22H29N3O3/c1-25(18-5-3-2-4-6-18)14-15-7-9-17(11-15)24-13-21(27)16-8-10-20(26)19(12-16)22(23)28/h2-6,8,10,12,15,17,21,24,26-27H,7,9,11,13-14H2,1H3,(H2,23,28)/t15-,17-,21?/m0/s1. The molecule has 1 fully saturated rings. The van der Waals surface area contributed by atoms with Crippen LogP contribution in [0, 0.1) is 5.92 Å². The van der Waals surface area contributed by atoms with Crippen LogP contribution in [0.25, 0.3) is 0 Å². The number of nitrogens with one attached hydrogen (secondary N) is 1. The zero-order valence-corrected chi connectivity index (χ0v) is 16.2. The lowest BCUT2D eigenvalue weighted by atomic mass is 10.0. The Kier molecular flexibility index (Phi) is 6.54. The third-order valence-corrected chi connectivity index (χ3v) is 5.54. The van der Waals surface area contributed by atoms with Gasteiger partial charge in [-0.3, -0.25) is 4.79 Å². The van der Waals surface area contributed by atoms with Crippen LogP contribution in [0.4, 0.5) is 5.69 Å². The first kappa shape index (κ1) is 20.2. The van der Waals surface area contributed by atoms with Crippen LogP contribution in [0.5, 0.6) is 5.75 Å². The Balaban J connectivity index is 1.48. The Hall–Kier alpha value is -2.57. The number of primary amides is 1. The van der Waals surface area contributed by atoms with Gasteiger partial charge in [-0.15, -0.1) is 0 Å². The molecule has 150 valence electrons. The number of anilines is 1. The first-order chi connectivity index (χ1) is 13.4. The highest BCUT2D eigenvalue weighted by Crippen LogP contribution is 2.28. The molecule has 0 bridgehead atoms. The van der Waals surface area contributed by atoms with E-state index in [9.17, 15) is 15.0 Å². The molecule has 0 spiro atoms. The number of amides is 1. The summed E-state index contributed by atoms with van der Waals surface area (Å²) in [6.45, 7) is 1.42. The van der Waals surface area contributed by atoms with Gasteiger partial charge >= 0.3 is 0 Å². The normalized spacial score (nSPS) is 20.1. The largest absolute Gasteiger partial charge is 0.507 e. The minimum absolute atomic E-state index is 0.0291. The quantitative estimate of drug-likeness (QED) is 0.561. The number of rotatable bonds is 8. The van der Waals surface area contributed by atoms with Gasteiger partial charge in [0.1, 0.15) is 5.75 Å². The number of carbonyl (C=O) groups excluding carboxylic acids is 1. The Morgan fingerprint density at radius 3 is 2.71 bits per heavy atom. The molecule has 1 unspecified atom stereocenters. The van der Waals surface area contributed by atoms with E-state index >= 15 is 0 Å². The molecule has 2 aromatic carbocycles. The summed E-state index contributed by atoms with van der Waals surface area (Å²) in [5.41, 5.74) is 7.08. The zero-order valence-electron chi connectivity index (χ0n) is 16.2. The van der Waals surface area contributed by atoms with Gasteiger partial charge in [-0.1, -0.05) is 24.3 Å². The molecule has 6 nitrogen and oxygen atoms in total. The lowest BCUT2D eigenvalue weighted by Gasteiger charge is -2.23. The molecule has 0 aromatic heterocycles. The molecular formula is C22H29N3O3. The van der Waals surface area contributed by atoms with E-state index in [1.165, 1.54) is 17.8 Å². The number of carbonyl (C=O) groups is 1. The van der Waals surface area contributed by atoms with Gasteiger partial charge in [0.2, 0.25) is 0 Å². The molecule has 0 aliphatic heterocycles. The summed E-state index contributed by atoms with van der Waals surface area (Å²) in [6, 6.07) is 15.2. The maximum absolute atomic E-state index is 11.4. The van der Waals surface area contributed by atoms with Gasteiger partial charge < -0.3 is 26.2 Å². The van der Waals surface area contributed by atoms with E-state index in [0.29, 0.717) is 24.1 Å². The topological polar surface area (TPSA) is 98.8 Å². The molecule has 0 heterocycles. The van der Waals surface area contributed by atoms with E-state index in [-0.39, 0.29) is 11.3 Å². The molecule has 6 heteroatoms. The van der Waals surface area contributed by atoms with Crippen LogP contribution in [0.15, 0.2) is 48.5 Å². The Morgan fingerprint density at radius 2 is 2.00 bits per heavy atom.